The number of rotatable bonds is 3. The van der Waals surface area contributed by atoms with Crippen molar-refractivity contribution in [2.24, 2.45) is 0 Å². The molecular formula is C54H41N. The largest absolute Gasteiger partial charge is 0.310 e. The molecule has 262 valence electrons. The maximum absolute atomic E-state index is 2.53. The van der Waals surface area contributed by atoms with Crippen LogP contribution in [0.3, 0.4) is 0 Å². The van der Waals surface area contributed by atoms with Crippen molar-refractivity contribution in [2.75, 3.05) is 4.90 Å². The molecule has 1 spiro atoms. The van der Waals surface area contributed by atoms with E-state index in [-0.39, 0.29) is 5.41 Å². The Morgan fingerprint density at radius 1 is 0.345 bits per heavy atom. The van der Waals surface area contributed by atoms with Crippen molar-refractivity contribution in [2.45, 2.75) is 37.0 Å². The standard InChI is InChI=1S/C54H41N/c1-52(2,3)38-30-32-42-43-33-31-39(35-49(43)54(48(42)34-38)44-24-12-10-22-40(44)41-23-11-13-25-45(41)54)55-50-28-16-14-26-46(50)53(36-18-6-4-7-19-36,37-20-8-5-9-21-37)47-27-15-17-29-51(47)55/h4-35H,1-3H3. The Balaban J connectivity index is 1.22. The van der Waals surface area contributed by atoms with E-state index in [4.69, 9.17) is 0 Å². The Kier molecular flexibility index (Phi) is 6.72. The van der Waals surface area contributed by atoms with Crippen LogP contribution in [-0.4, -0.2) is 0 Å². The summed E-state index contributed by atoms with van der Waals surface area (Å²) in [5, 5.41) is 0. The highest BCUT2D eigenvalue weighted by molar-refractivity contribution is 5.97. The van der Waals surface area contributed by atoms with E-state index in [0.717, 1.165) is 0 Å². The second-order valence-electron chi connectivity index (χ2n) is 16.4. The minimum absolute atomic E-state index is 0.0129. The van der Waals surface area contributed by atoms with Crippen LogP contribution < -0.4 is 4.90 Å². The molecule has 2 aliphatic carbocycles. The van der Waals surface area contributed by atoms with Crippen LogP contribution in [0.5, 0.6) is 0 Å². The monoisotopic (exact) mass is 703 g/mol. The lowest BCUT2D eigenvalue weighted by atomic mass is 9.62. The molecule has 0 saturated heterocycles. The van der Waals surface area contributed by atoms with Crippen LogP contribution >= 0.6 is 0 Å². The molecule has 0 saturated carbocycles. The number of hydrogen-bond donors (Lipinski definition) is 0. The summed E-state index contributed by atoms with van der Waals surface area (Å²) in [7, 11) is 0. The molecule has 0 unspecified atom stereocenters. The normalized spacial score (nSPS) is 15.1. The molecule has 8 aromatic carbocycles. The molecule has 1 nitrogen and oxygen atoms in total. The molecule has 8 aromatic rings. The van der Waals surface area contributed by atoms with Gasteiger partial charge in [0.2, 0.25) is 0 Å². The van der Waals surface area contributed by atoms with Gasteiger partial charge in [-0.1, -0.05) is 191 Å². The van der Waals surface area contributed by atoms with E-state index in [2.05, 4.69) is 220 Å². The number of para-hydroxylation sites is 2. The fourth-order valence-electron chi connectivity index (χ4n) is 10.4. The first-order valence-electron chi connectivity index (χ1n) is 19.5. The molecule has 0 aromatic heterocycles. The van der Waals surface area contributed by atoms with Crippen molar-refractivity contribution in [1.82, 2.24) is 0 Å². The lowest BCUT2D eigenvalue weighted by molar-refractivity contribution is 0.588. The minimum atomic E-state index is -0.507. The van der Waals surface area contributed by atoms with Crippen molar-refractivity contribution in [3.05, 3.63) is 244 Å². The van der Waals surface area contributed by atoms with Crippen molar-refractivity contribution < 1.29 is 0 Å². The topological polar surface area (TPSA) is 3.24 Å². The SMILES string of the molecule is CC(C)(C)c1ccc2c(c1)C1(c3ccccc3-c3ccccc31)c1cc(N3c4ccccc4C(c4ccccc4)(c4ccccc4)c4ccccc43)ccc1-2. The van der Waals surface area contributed by atoms with Gasteiger partial charge in [-0.25, -0.2) is 0 Å². The summed E-state index contributed by atoms with van der Waals surface area (Å²) >= 11 is 0. The van der Waals surface area contributed by atoms with Gasteiger partial charge < -0.3 is 4.90 Å². The third-order valence-electron chi connectivity index (χ3n) is 12.7. The third kappa shape index (κ3) is 4.19. The fraction of sp³-hybridized carbons (Fsp3) is 0.111. The zero-order valence-corrected chi connectivity index (χ0v) is 31.4. The predicted octanol–water partition coefficient (Wildman–Crippen LogP) is 13.5. The summed E-state index contributed by atoms with van der Waals surface area (Å²) in [4.78, 5) is 2.53. The van der Waals surface area contributed by atoms with Crippen molar-refractivity contribution >= 4 is 17.1 Å². The van der Waals surface area contributed by atoms with Gasteiger partial charge in [-0.3, -0.25) is 0 Å². The Labute approximate surface area is 324 Å². The molecule has 55 heavy (non-hydrogen) atoms. The van der Waals surface area contributed by atoms with E-state index in [0.29, 0.717) is 0 Å². The van der Waals surface area contributed by atoms with E-state index in [1.807, 2.05) is 0 Å². The van der Waals surface area contributed by atoms with Crippen molar-refractivity contribution in [1.29, 1.82) is 0 Å². The molecule has 0 radical (unpaired) electrons. The molecule has 1 heterocycles. The molecule has 0 fully saturated rings. The lowest BCUT2D eigenvalue weighted by Crippen LogP contribution is -2.37. The Bertz CT molecular complexity index is 2670. The average molecular weight is 704 g/mol. The van der Waals surface area contributed by atoms with Gasteiger partial charge in [0.1, 0.15) is 0 Å². The first kappa shape index (κ1) is 32.0. The highest BCUT2D eigenvalue weighted by Crippen LogP contribution is 2.64. The second kappa shape index (κ2) is 11.5. The van der Waals surface area contributed by atoms with Crippen LogP contribution in [0.15, 0.2) is 194 Å². The Morgan fingerprint density at radius 2 is 0.764 bits per heavy atom. The molecular weight excluding hydrogens is 663 g/mol. The van der Waals surface area contributed by atoms with Crippen LogP contribution in [-0.2, 0) is 16.2 Å². The van der Waals surface area contributed by atoms with Crippen LogP contribution in [0.2, 0.25) is 0 Å². The maximum Gasteiger partial charge on any atom is 0.0742 e. The first-order chi connectivity index (χ1) is 26.9. The van der Waals surface area contributed by atoms with Gasteiger partial charge in [-0.05, 0) is 102 Å². The van der Waals surface area contributed by atoms with Crippen LogP contribution in [0, 0.1) is 0 Å². The molecule has 1 aliphatic heterocycles. The average Bonchev–Trinajstić information content (AvgIpc) is 3.70. The maximum atomic E-state index is 2.53. The molecule has 11 rings (SSSR count). The summed E-state index contributed by atoms with van der Waals surface area (Å²) in [6.45, 7) is 6.98. The van der Waals surface area contributed by atoms with Crippen LogP contribution in [0.1, 0.15) is 70.8 Å². The number of nitrogens with zero attached hydrogens (tertiary/aromatic N) is 1. The first-order valence-corrected chi connectivity index (χ1v) is 19.5. The second-order valence-corrected chi connectivity index (χ2v) is 16.4. The van der Waals surface area contributed by atoms with Crippen molar-refractivity contribution in [3.8, 4) is 22.3 Å². The molecule has 0 amide bonds. The number of benzene rings is 8. The van der Waals surface area contributed by atoms with E-state index in [9.17, 15) is 0 Å². The number of anilines is 3. The minimum Gasteiger partial charge on any atom is -0.310 e. The number of hydrogen-bond acceptors (Lipinski definition) is 1. The molecule has 3 aliphatic rings. The van der Waals surface area contributed by atoms with Gasteiger partial charge in [0.05, 0.1) is 22.2 Å². The smallest absolute Gasteiger partial charge is 0.0742 e. The summed E-state index contributed by atoms with van der Waals surface area (Å²) in [5.41, 5.74) is 19.8. The summed E-state index contributed by atoms with van der Waals surface area (Å²) < 4.78 is 0. The van der Waals surface area contributed by atoms with Gasteiger partial charge in [0.15, 0.2) is 0 Å². The van der Waals surface area contributed by atoms with E-state index < -0.39 is 10.8 Å². The summed E-state index contributed by atoms with van der Waals surface area (Å²) in [5.74, 6) is 0. The Hall–Kier alpha value is -6.44. The molecule has 0 bridgehead atoms. The Morgan fingerprint density at radius 3 is 1.29 bits per heavy atom. The highest BCUT2D eigenvalue weighted by Gasteiger charge is 2.53. The third-order valence-corrected chi connectivity index (χ3v) is 12.7. The predicted molar refractivity (Wildman–Crippen MR) is 228 cm³/mol. The quantitative estimate of drug-likeness (QED) is 0.177. The van der Waals surface area contributed by atoms with E-state index >= 15 is 0 Å². The molecule has 0 N–H and O–H groups in total. The van der Waals surface area contributed by atoms with E-state index in [1.54, 1.807) is 0 Å². The highest BCUT2D eigenvalue weighted by atomic mass is 15.2. The van der Waals surface area contributed by atoms with Gasteiger partial charge in [-0.2, -0.15) is 0 Å². The summed E-state index contributed by atoms with van der Waals surface area (Å²) in [6.07, 6.45) is 0. The summed E-state index contributed by atoms with van der Waals surface area (Å²) in [6, 6.07) is 73.1. The van der Waals surface area contributed by atoms with Crippen LogP contribution in [0.25, 0.3) is 22.3 Å². The van der Waals surface area contributed by atoms with Gasteiger partial charge in [-0.15, -0.1) is 0 Å². The van der Waals surface area contributed by atoms with E-state index in [1.165, 1.54) is 89.4 Å². The lowest BCUT2D eigenvalue weighted by Gasteiger charge is -2.46. The zero-order valence-electron chi connectivity index (χ0n) is 31.4. The fourth-order valence-corrected chi connectivity index (χ4v) is 10.4. The zero-order chi connectivity index (χ0) is 36.9. The number of fused-ring (bicyclic) bond motifs is 12. The van der Waals surface area contributed by atoms with Crippen molar-refractivity contribution in [3.63, 3.8) is 0 Å². The molecule has 0 atom stereocenters. The van der Waals surface area contributed by atoms with Gasteiger partial charge in [0.25, 0.3) is 0 Å². The van der Waals surface area contributed by atoms with Crippen LogP contribution in [0.4, 0.5) is 17.1 Å². The molecule has 1 heteroatoms. The van der Waals surface area contributed by atoms with Gasteiger partial charge in [0, 0.05) is 5.69 Å². The van der Waals surface area contributed by atoms with Gasteiger partial charge >= 0.3 is 0 Å².